The third-order valence-corrected chi connectivity index (χ3v) is 3.67. The maximum Gasteiger partial charge on any atom is 0.259 e. The molecule has 6 heteroatoms. The van der Waals surface area contributed by atoms with Crippen LogP contribution in [0, 0.1) is 0 Å². The van der Waals surface area contributed by atoms with Gasteiger partial charge in [0.05, 0.1) is 13.2 Å². The Kier molecular flexibility index (Phi) is 4.84. The summed E-state index contributed by atoms with van der Waals surface area (Å²) in [7, 11) is 1.73. The summed E-state index contributed by atoms with van der Waals surface area (Å²) in [6, 6.07) is 11.0. The van der Waals surface area contributed by atoms with Crippen LogP contribution < -0.4 is 14.2 Å². The molecule has 1 amide bonds. The number of fused-ring (bicyclic) bond motifs is 1. The lowest BCUT2D eigenvalue weighted by Crippen LogP contribution is -2.41. The molecule has 2 aromatic rings. The summed E-state index contributed by atoms with van der Waals surface area (Å²) >= 11 is 0. The molecule has 1 aliphatic rings. The highest BCUT2D eigenvalue weighted by molar-refractivity contribution is 5.96. The topological polar surface area (TPSA) is 60.9 Å². The van der Waals surface area contributed by atoms with E-state index in [1.165, 1.54) is 0 Å². The number of carbonyl (C=O) groups excluding carboxylic acids is 1. The Labute approximate surface area is 141 Å². The van der Waals surface area contributed by atoms with Gasteiger partial charge in [-0.1, -0.05) is 12.1 Å². The summed E-state index contributed by atoms with van der Waals surface area (Å²) in [5.41, 5.74) is 0.443. The predicted octanol–water partition coefficient (Wildman–Crippen LogP) is 2.39. The van der Waals surface area contributed by atoms with Crippen molar-refractivity contribution in [1.29, 1.82) is 0 Å². The first-order valence-corrected chi connectivity index (χ1v) is 7.90. The zero-order valence-electron chi connectivity index (χ0n) is 13.8. The Balaban J connectivity index is 1.67. The maximum absolute atomic E-state index is 12.7. The van der Waals surface area contributed by atoms with E-state index in [1.54, 1.807) is 30.3 Å². The van der Waals surface area contributed by atoms with Crippen LogP contribution >= 0.6 is 0 Å². The van der Waals surface area contributed by atoms with Gasteiger partial charge in [-0.05, 0) is 31.2 Å². The van der Waals surface area contributed by atoms with E-state index in [2.05, 4.69) is 4.98 Å². The fourth-order valence-electron chi connectivity index (χ4n) is 2.55. The quantitative estimate of drug-likeness (QED) is 0.843. The van der Waals surface area contributed by atoms with Gasteiger partial charge in [0.2, 0.25) is 5.88 Å². The molecule has 0 radical (unpaired) electrons. The van der Waals surface area contributed by atoms with Crippen LogP contribution in [-0.2, 0) is 0 Å². The molecular formula is C18H20N2O4. The van der Waals surface area contributed by atoms with E-state index in [-0.39, 0.29) is 12.0 Å². The summed E-state index contributed by atoms with van der Waals surface area (Å²) in [4.78, 5) is 18.4. The minimum atomic E-state index is -0.221. The van der Waals surface area contributed by atoms with Crippen LogP contribution in [0.2, 0.25) is 0 Å². The zero-order valence-corrected chi connectivity index (χ0v) is 13.8. The van der Waals surface area contributed by atoms with Crippen LogP contribution in [0.15, 0.2) is 42.6 Å². The second-order valence-electron chi connectivity index (χ2n) is 5.47. The lowest BCUT2D eigenvalue weighted by atomic mass is 10.2. The lowest BCUT2D eigenvalue weighted by Gasteiger charge is -2.29. The van der Waals surface area contributed by atoms with E-state index in [0.717, 1.165) is 5.75 Å². The summed E-state index contributed by atoms with van der Waals surface area (Å²) in [5.74, 6) is 1.62. The molecule has 0 bridgehead atoms. The van der Waals surface area contributed by atoms with Gasteiger partial charge in [-0.2, -0.15) is 0 Å². The van der Waals surface area contributed by atoms with Crippen molar-refractivity contribution >= 4 is 5.91 Å². The molecular weight excluding hydrogens is 308 g/mol. The molecule has 0 fully saturated rings. The first kappa shape index (κ1) is 16.1. The number of benzene rings is 1. The van der Waals surface area contributed by atoms with Crippen molar-refractivity contribution in [2.75, 3.05) is 26.8 Å². The van der Waals surface area contributed by atoms with Crippen molar-refractivity contribution in [3.63, 3.8) is 0 Å². The monoisotopic (exact) mass is 328 g/mol. The molecule has 126 valence electrons. The van der Waals surface area contributed by atoms with E-state index in [4.69, 9.17) is 14.2 Å². The highest BCUT2D eigenvalue weighted by Gasteiger charge is 2.25. The van der Waals surface area contributed by atoms with Gasteiger partial charge in [0.25, 0.3) is 5.91 Å². The Bertz CT molecular complexity index is 720. The molecule has 0 unspecified atom stereocenters. The van der Waals surface area contributed by atoms with E-state index < -0.39 is 0 Å². The second kappa shape index (κ2) is 7.21. The van der Waals surface area contributed by atoms with Gasteiger partial charge in [0, 0.05) is 13.2 Å². The number of para-hydroxylation sites is 2. The minimum absolute atomic E-state index is 0.158. The lowest BCUT2D eigenvalue weighted by molar-refractivity contribution is 0.0518. The summed E-state index contributed by atoms with van der Waals surface area (Å²) in [6.45, 7) is 3.13. The molecule has 0 saturated heterocycles. The van der Waals surface area contributed by atoms with E-state index in [0.29, 0.717) is 37.0 Å². The number of amides is 1. The predicted molar refractivity (Wildman–Crippen MR) is 88.7 cm³/mol. The van der Waals surface area contributed by atoms with E-state index in [1.807, 2.05) is 31.2 Å². The van der Waals surface area contributed by atoms with E-state index in [9.17, 15) is 4.79 Å². The summed E-state index contributed by atoms with van der Waals surface area (Å²) < 4.78 is 17.0. The molecule has 24 heavy (non-hydrogen) atoms. The average molecular weight is 328 g/mol. The Hall–Kier alpha value is -2.76. The Morgan fingerprint density at radius 3 is 2.88 bits per heavy atom. The molecule has 0 saturated carbocycles. The first-order valence-electron chi connectivity index (χ1n) is 7.90. The van der Waals surface area contributed by atoms with E-state index >= 15 is 0 Å². The standard InChI is InChI=1S/C18H20N2O4/c1-3-22-17-14(7-6-10-19-17)18(21)20(2)11-13-12-23-15-8-4-5-9-16(15)24-13/h4-10,13H,3,11-12H2,1-2H3/t13-/m0/s1. The normalized spacial score (nSPS) is 15.7. The molecule has 1 aromatic heterocycles. The van der Waals surface area contributed by atoms with Gasteiger partial charge in [-0.15, -0.1) is 0 Å². The van der Waals surface area contributed by atoms with Crippen LogP contribution in [0.25, 0.3) is 0 Å². The highest BCUT2D eigenvalue weighted by atomic mass is 16.6. The minimum Gasteiger partial charge on any atom is -0.486 e. The van der Waals surface area contributed by atoms with Crippen molar-refractivity contribution < 1.29 is 19.0 Å². The first-order chi connectivity index (χ1) is 11.7. The number of hydrogen-bond donors (Lipinski definition) is 0. The van der Waals surface area contributed by atoms with Gasteiger partial charge in [-0.3, -0.25) is 4.79 Å². The summed E-state index contributed by atoms with van der Waals surface area (Å²) in [5, 5.41) is 0. The number of ether oxygens (including phenoxy) is 3. The number of carbonyl (C=O) groups is 1. The number of rotatable bonds is 5. The Morgan fingerprint density at radius 1 is 1.29 bits per heavy atom. The molecule has 1 aromatic carbocycles. The smallest absolute Gasteiger partial charge is 0.259 e. The SMILES string of the molecule is CCOc1ncccc1C(=O)N(C)C[C@H]1COc2ccccc2O1. The molecule has 0 aliphatic carbocycles. The molecule has 1 aliphatic heterocycles. The van der Waals surface area contributed by atoms with Gasteiger partial charge >= 0.3 is 0 Å². The van der Waals surface area contributed by atoms with Crippen LogP contribution in [0.1, 0.15) is 17.3 Å². The fourth-order valence-corrected chi connectivity index (χ4v) is 2.55. The van der Waals surface area contributed by atoms with Crippen LogP contribution in [-0.4, -0.2) is 48.7 Å². The van der Waals surface area contributed by atoms with Gasteiger partial charge in [0.15, 0.2) is 17.6 Å². The third-order valence-electron chi connectivity index (χ3n) is 3.67. The van der Waals surface area contributed by atoms with Crippen LogP contribution in [0.5, 0.6) is 17.4 Å². The van der Waals surface area contributed by atoms with Crippen LogP contribution in [0.4, 0.5) is 0 Å². The van der Waals surface area contributed by atoms with Crippen molar-refractivity contribution in [3.05, 3.63) is 48.2 Å². The van der Waals surface area contributed by atoms with Crippen molar-refractivity contribution in [2.24, 2.45) is 0 Å². The Morgan fingerprint density at radius 2 is 2.08 bits per heavy atom. The molecule has 1 atom stereocenters. The summed E-state index contributed by atoms with van der Waals surface area (Å²) in [6.07, 6.45) is 1.39. The van der Waals surface area contributed by atoms with Crippen molar-refractivity contribution in [1.82, 2.24) is 9.88 Å². The largest absolute Gasteiger partial charge is 0.486 e. The fraction of sp³-hybridized carbons (Fsp3) is 0.333. The number of aromatic nitrogens is 1. The third kappa shape index (κ3) is 3.42. The second-order valence-corrected chi connectivity index (χ2v) is 5.47. The number of nitrogens with zero attached hydrogens (tertiary/aromatic N) is 2. The zero-order chi connectivity index (χ0) is 16.9. The highest BCUT2D eigenvalue weighted by Crippen LogP contribution is 2.31. The van der Waals surface area contributed by atoms with Gasteiger partial charge in [0.1, 0.15) is 12.2 Å². The van der Waals surface area contributed by atoms with Gasteiger partial charge in [-0.25, -0.2) is 4.98 Å². The maximum atomic E-state index is 12.7. The van der Waals surface area contributed by atoms with Crippen LogP contribution in [0.3, 0.4) is 0 Å². The van der Waals surface area contributed by atoms with Crippen molar-refractivity contribution in [2.45, 2.75) is 13.0 Å². The van der Waals surface area contributed by atoms with Crippen molar-refractivity contribution in [3.8, 4) is 17.4 Å². The number of pyridine rings is 1. The number of likely N-dealkylation sites (N-methyl/N-ethyl adjacent to an activating group) is 1. The molecule has 0 N–H and O–H groups in total. The molecule has 6 nitrogen and oxygen atoms in total. The molecule has 2 heterocycles. The number of hydrogen-bond acceptors (Lipinski definition) is 5. The average Bonchev–Trinajstić information content (AvgIpc) is 2.62. The molecule has 0 spiro atoms. The molecule has 3 rings (SSSR count). The van der Waals surface area contributed by atoms with Gasteiger partial charge < -0.3 is 19.1 Å².